The van der Waals surface area contributed by atoms with Crippen molar-refractivity contribution in [1.82, 2.24) is 10.6 Å². The van der Waals surface area contributed by atoms with Gasteiger partial charge < -0.3 is 10.6 Å². The first-order valence-electron chi connectivity index (χ1n) is 6.62. The Morgan fingerprint density at radius 2 is 1.27 bits per heavy atom. The summed E-state index contributed by atoms with van der Waals surface area (Å²) in [5, 5.41) is 6.74. The van der Waals surface area contributed by atoms with Crippen LogP contribution in [0.5, 0.6) is 0 Å². The highest BCUT2D eigenvalue weighted by Gasteiger charge is 1.90. The van der Waals surface area contributed by atoms with Crippen LogP contribution in [-0.2, 0) is 0 Å². The zero-order valence-corrected chi connectivity index (χ0v) is 10.5. The fraction of sp³-hybridized carbons (Fsp3) is 0.923. The van der Waals surface area contributed by atoms with E-state index in [1.807, 2.05) is 0 Å². The smallest absolute Gasteiger partial charge is 0.00484 e. The standard InChI is InChI=1S/C13H29N2/c1-3-5-6-8-12-15-13-10-7-9-11-14-4-2/h14-15H,2-13H2,1H3. The van der Waals surface area contributed by atoms with E-state index >= 15 is 0 Å². The Bertz CT molecular complexity index is 92.7. The van der Waals surface area contributed by atoms with Crippen LogP contribution in [0.4, 0.5) is 0 Å². The van der Waals surface area contributed by atoms with Crippen LogP contribution in [0.25, 0.3) is 0 Å². The Kier molecular flexibility index (Phi) is 13.8. The maximum absolute atomic E-state index is 3.74. The van der Waals surface area contributed by atoms with E-state index in [-0.39, 0.29) is 0 Å². The first kappa shape index (κ1) is 14.9. The summed E-state index contributed by atoms with van der Waals surface area (Å²) in [6, 6.07) is 0. The summed E-state index contributed by atoms with van der Waals surface area (Å²) in [7, 11) is 0. The molecule has 0 fully saturated rings. The van der Waals surface area contributed by atoms with Crippen molar-refractivity contribution >= 4 is 0 Å². The lowest BCUT2D eigenvalue weighted by Crippen LogP contribution is -2.18. The van der Waals surface area contributed by atoms with Crippen molar-refractivity contribution in [3.63, 3.8) is 0 Å². The van der Waals surface area contributed by atoms with E-state index < -0.39 is 0 Å². The van der Waals surface area contributed by atoms with Crippen molar-refractivity contribution < 1.29 is 0 Å². The predicted molar refractivity (Wildman–Crippen MR) is 69.1 cm³/mol. The molecule has 2 heteroatoms. The zero-order chi connectivity index (χ0) is 11.2. The molecule has 0 saturated heterocycles. The zero-order valence-electron chi connectivity index (χ0n) is 10.5. The lowest BCUT2D eigenvalue weighted by molar-refractivity contribution is 0.558. The molecular weight excluding hydrogens is 184 g/mol. The Labute approximate surface area is 96.2 Å². The molecule has 0 aliphatic heterocycles. The molecule has 15 heavy (non-hydrogen) atoms. The van der Waals surface area contributed by atoms with E-state index in [4.69, 9.17) is 0 Å². The number of nitrogens with one attached hydrogen (secondary N) is 2. The van der Waals surface area contributed by atoms with Crippen LogP contribution in [0, 0.1) is 6.92 Å². The number of unbranched alkanes of at least 4 members (excludes halogenated alkanes) is 5. The topological polar surface area (TPSA) is 24.1 Å². The Balaban J connectivity index is 2.81. The fourth-order valence-corrected chi connectivity index (χ4v) is 1.60. The third-order valence-corrected chi connectivity index (χ3v) is 2.59. The molecule has 2 nitrogen and oxygen atoms in total. The molecule has 1 radical (unpaired) electrons. The van der Waals surface area contributed by atoms with Crippen LogP contribution in [0.2, 0.25) is 0 Å². The molecule has 0 aliphatic rings. The molecular formula is C13H29N2. The lowest BCUT2D eigenvalue weighted by atomic mass is 10.2. The Morgan fingerprint density at radius 3 is 1.80 bits per heavy atom. The third-order valence-electron chi connectivity index (χ3n) is 2.59. The minimum absolute atomic E-state index is 0.857. The van der Waals surface area contributed by atoms with Crippen molar-refractivity contribution in [2.45, 2.75) is 51.9 Å². The average Bonchev–Trinajstić information content (AvgIpc) is 2.26. The maximum Gasteiger partial charge on any atom is -0.00484 e. The molecule has 0 heterocycles. The summed E-state index contributed by atoms with van der Waals surface area (Å²) < 4.78 is 0. The molecule has 0 rings (SSSR count). The second kappa shape index (κ2) is 13.9. The maximum atomic E-state index is 3.74. The van der Waals surface area contributed by atoms with Gasteiger partial charge in [-0.05, 0) is 52.4 Å². The molecule has 0 amide bonds. The molecule has 0 aromatic rings. The van der Waals surface area contributed by atoms with E-state index in [1.165, 1.54) is 58.0 Å². The van der Waals surface area contributed by atoms with Crippen LogP contribution in [0.1, 0.15) is 51.9 Å². The molecule has 0 aliphatic carbocycles. The van der Waals surface area contributed by atoms with Gasteiger partial charge in [0, 0.05) is 0 Å². The van der Waals surface area contributed by atoms with Gasteiger partial charge in [-0.25, -0.2) is 0 Å². The first-order valence-corrected chi connectivity index (χ1v) is 6.62. The molecule has 0 unspecified atom stereocenters. The minimum Gasteiger partial charge on any atom is -0.317 e. The largest absolute Gasteiger partial charge is 0.317 e. The summed E-state index contributed by atoms with van der Waals surface area (Å²) in [5.74, 6) is 0. The van der Waals surface area contributed by atoms with Gasteiger partial charge in [0.25, 0.3) is 0 Å². The van der Waals surface area contributed by atoms with Crippen LogP contribution < -0.4 is 10.6 Å². The minimum atomic E-state index is 0.857. The van der Waals surface area contributed by atoms with Crippen LogP contribution in [0.15, 0.2) is 0 Å². The molecule has 0 saturated carbocycles. The van der Waals surface area contributed by atoms with Gasteiger partial charge in [0.2, 0.25) is 0 Å². The Hall–Kier alpha value is -0.0800. The second-order valence-corrected chi connectivity index (χ2v) is 4.12. The molecule has 0 bridgehead atoms. The third kappa shape index (κ3) is 13.9. The molecule has 0 atom stereocenters. The highest BCUT2D eigenvalue weighted by Crippen LogP contribution is 1.97. The average molecular weight is 213 g/mol. The first-order chi connectivity index (χ1) is 7.41. The van der Waals surface area contributed by atoms with Gasteiger partial charge in [-0.15, -0.1) is 0 Å². The SMILES string of the molecule is [CH2]CNCCCCCNCCCCCC. The molecule has 0 spiro atoms. The van der Waals surface area contributed by atoms with Gasteiger partial charge in [-0.2, -0.15) is 0 Å². The monoisotopic (exact) mass is 213 g/mol. The van der Waals surface area contributed by atoms with Crippen molar-refractivity contribution in [3.05, 3.63) is 6.92 Å². The van der Waals surface area contributed by atoms with Crippen molar-refractivity contribution in [1.29, 1.82) is 0 Å². The van der Waals surface area contributed by atoms with Gasteiger partial charge in [-0.3, -0.25) is 0 Å². The normalized spacial score (nSPS) is 10.8. The van der Waals surface area contributed by atoms with Crippen molar-refractivity contribution in [3.8, 4) is 0 Å². The lowest BCUT2D eigenvalue weighted by Gasteiger charge is -2.04. The van der Waals surface area contributed by atoms with Crippen molar-refractivity contribution in [2.75, 3.05) is 26.2 Å². The van der Waals surface area contributed by atoms with Crippen LogP contribution in [0.3, 0.4) is 0 Å². The van der Waals surface area contributed by atoms with E-state index in [1.54, 1.807) is 0 Å². The highest BCUT2D eigenvalue weighted by molar-refractivity contribution is 4.52. The van der Waals surface area contributed by atoms with E-state index in [0.717, 1.165) is 13.1 Å². The van der Waals surface area contributed by atoms with E-state index in [9.17, 15) is 0 Å². The van der Waals surface area contributed by atoms with Gasteiger partial charge in [0.1, 0.15) is 0 Å². The molecule has 2 N–H and O–H groups in total. The summed E-state index contributed by atoms with van der Waals surface area (Å²) >= 11 is 0. The summed E-state index contributed by atoms with van der Waals surface area (Å²) in [6.07, 6.45) is 9.38. The van der Waals surface area contributed by atoms with Crippen LogP contribution >= 0.6 is 0 Å². The predicted octanol–water partition coefficient (Wildman–Crippen LogP) is 2.75. The summed E-state index contributed by atoms with van der Waals surface area (Å²) in [6.45, 7) is 10.4. The van der Waals surface area contributed by atoms with Gasteiger partial charge in [-0.1, -0.05) is 32.6 Å². The Morgan fingerprint density at radius 1 is 0.733 bits per heavy atom. The molecule has 91 valence electrons. The number of hydrogen-bond acceptors (Lipinski definition) is 2. The van der Waals surface area contributed by atoms with E-state index in [0.29, 0.717) is 0 Å². The fourth-order valence-electron chi connectivity index (χ4n) is 1.60. The summed E-state index contributed by atoms with van der Waals surface area (Å²) in [5.41, 5.74) is 0. The van der Waals surface area contributed by atoms with Gasteiger partial charge in [0.05, 0.1) is 0 Å². The van der Waals surface area contributed by atoms with Crippen LogP contribution in [-0.4, -0.2) is 26.2 Å². The van der Waals surface area contributed by atoms with Gasteiger partial charge >= 0.3 is 0 Å². The number of rotatable bonds is 12. The second-order valence-electron chi connectivity index (χ2n) is 4.12. The molecule has 0 aromatic heterocycles. The highest BCUT2D eigenvalue weighted by atomic mass is 14.8. The summed E-state index contributed by atoms with van der Waals surface area (Å²) in [4.78, 5) is 0. The van der Waals surface area contributed by atoms with E-state index in [2.05, 4.69) is 24.5 Å². The van der Waals surface area contributed by atoms with Gasteiger partial charge in [0.15, 0.2) is 0 Å². The van der Waals surface area contributed by atoms with Crippen molar-refractivity contribution in [2.24, 2.45) is 0 Å². The number of hydrogen-bond donors (Lipinski definition) is 2. The quantitative estimate of drug-likeness (QED) is 0.487. The molecule has 0 aromatic carbocycles.